The van der Waals surface area contributed by atoms with Gasteiger partial charge in [0.1, 0.15) is 6.04 Å². The van der Waals surface area contributed by atoms with Gasteiger partial charge in [0.05, 0.1) is 16.8 Å². The van der Waals surface area contributed by atoms with Crippen molar-refractivity contribution in [2.75, 3.05) is 5.32 Å². The van der Waals surface area contributed by atoms with Gasteiger partial charge in [-0.15, -0.1) is 11.3 Å². The Bertz CT molecular complexity index is 1540. The van der Waals surface area contributed by atoms with Crippen molar-refractivity contribution < 1.29 is 19.5 Å². The number of ketones is 1. The lowest BCUT2D eigenvalue weighted by Gasteiger charge is -2.28. The number of hydrogen-bond acceptors (Lipinski definition) is 4. The number of likely N-dealkylation sites (tertiary alicyclic amines) is 1. The van der Waals surface area contributed by atoms with Gasteiger partial charge in [-0.1, -0.05) is 84.4 Å². The number of urea groups is 1. The second kappa shape index (κ2) is 11.9. The minimum Gasteiger partial charge on any atom is -0.480 e. The van der Waals surface area contributed by atoms with E-state index in [2.05, 4.69) is 5.32 Å². The highest BCUT2D eigenvalue weighted by molar-refractivity contribution is 7.12. The first kappa shape index (κ1) is 27.4. The van der Waals surface area contributed by atoms with Gasteiger partial charge in [-0.25, -0.2) is 9.59 Å². The number of Topliss-reactive ketones (excluding diaryl/α,β-unsaturated/α-hetero) is 1. The highest BCUT2D eigenvalue weighted by Crippen LogP contribution is 2.46. The molecule has 4 atom stereocenters. The number of anilines is 1. The van der Waals surface area contributed by atoms with Crippen molar-refractivity contribution in [1.82, 2.24) is 4.90 Å². The summed E-state index contributed by atoms with van der Waals surface area (Å²) in [6.07, 6.45) is 3.60. The molecule has 0 saturated carbocycles. The van der Waals surface area contributed by atoms with E-state index in [0.717, 1.165) is 11.1 Å². The summed E-state index contributed by atoms with van der Waals surface area (Å²) in [5.74, 6) is -3.09. The molecule has 0 bridgehead atoms. The number of thiophene rings is 1. The first-order valence-corrected chi connectivity index (χ1v) is 14.0. The molecule has 0 spiro atoms. The van der Waals surface area contributed by atoms with Crippen LogP contribution >= 0.6 is 22.9 Å². The number of hydrogen-bond donors (Lipinski definition) is 2. The van der Waals surface area contributed by atoms with Crippen LogP contribution in [0.3, 0.4) is 0 Å². The SMILES string of the molecule is Cc1cccc(NC(=O)N2C(C=Cc3ccccc3)C(C(=O)c3cccs3)C(c3ccc(Cl)cc3)C2C(=O)O)c1. The number of amides is 2. The lowest BCUT2D eigenvalue weighted by molar-refractivity contribution is -0.141. The van der Waals surface area contributed by atoms with Crippen molar-refractivity contribution in [3.63, 3.8) is 0 Å². The normalized spacial score (nSPS) is 20.5. The second-order valence-electron chi connectivity index (χ2n) is 9.70. The summed E-state index contributed by atoms with van der Waals surface area (Å²) in [5.41, 5.74) is 2.97. The molecule has 0 aliphatic carbocycles. The highest BCUT2D eigenvalue weighted by Gasteiger charge is 2.56. The predicted molar refractivity (Wildman–Crippen MR) is 159 cm³/mol. The van der Waals surface area contributed by atoms with Crippen molar-refractivity contribution in [1.29, 1.82) is 0 Å². The summed E-state index contributed by atoms with van der Waals surface area (Å²) in [4.78, 5) is 42.8. The molecule has 5 rings (SSSR count). The van der Waals surface area contributed by atoms with Gasteiger partial charge in [-0.3, -0.25) is 4.79 Å². The summed E-state index contributed by atoms with van der Waals surface area (Å²) in [5, 5.41) is 15.8. The topological polar surface area (TPSA) is 86.7 Å². The zero-order valence-corrected chi connectivity index (χ0v) is 23.2. The quantitative estimate of drug-likeness (QED) is 0.227. The van der Waals surface area contributed by atoms with Crippen molar-refractivity contribution in [2.45, 2.75) is 24.9 Å². The Kier molecular flexibility index (Phi) is 8.14. The molecule has 3 aromatic carbocycles. The molecule has 2 N–H and O–H groups in total. The molecule has 1 aromatic heterocycles. The number of carboxylic acid groups (broad SMARTS) is 1. The number of nitrogens with one attached hydrogen (secondary N) is 1. The molecule has 4 unspecified atom stereocenters. The van der Waals surface area contributed by atoms with Crippen molar-refractivity contribution in [3.8, 4) is 0 Å². The molecule has 202 valence electrons. The lowest BCUT2D eigenvalue weighted by atomic mass is 9.78. The maximum atomic E-state index is 14.1. The number of rotatable bonds is 7. The molecule has 1 fully saturated rings. The Hall–Kier alpha value is -4.20. The van der Waals surface area contributed by atoms with Gasteiger partial charge in [0, 0.05) is 16.6 Å². The first-order valence-electron chi connectivity index (χ1n) is 12.8. The molecular formula is C32H27ClN2O4S. The van der Waals surface area contributed by atoms with Crippen LogP contribution in [0, 0.1) is 12.8 Å². The van der Waals surface area contributed by atoms with E-state index in [0.29, 0.717) is 21.2 Å². The van der Waals surface area contributed by atoms with E-state index in [4.69, 9.17) is 11.6 Å². The average Bonchev–Trinajstić information content (AvgIpc) is 3.60. The van der Waals surface area contributed by atoms with Crippen molar-refractivity contribution >= 4 is 52.5 Å². The van der Waals surface area contributed by atoms with E-state index in [1.807, 2.05) is 66.9 Å². The minimum atomic E-state index is -1.31. The fraction of sp³-hybridized carbons (Fsp3) is 0.156. The number of nitrogens with zero attached hydrogens (tertiary/aromatic N) is 1. The molecule has 4 aromatic rings. The van der Waals surface area contributed by atoms with Crippen LogP contribution in [-0.2, 0) is 4.79 Å². The molecule has 0 radical (unpaired) electrons. The molecule has 8 heteroatoms. The van der Waals surface area contributed by atoms with E-state index in [1.165, 1.54) is 16.2 Å². The van der Waals surface area contributed by atoms with E-state index in [9.17, 15) is 19.5 Å². The standard InChI is InChI=1S/C32H27ClN2O4S/c1-20-7-5-10-24(19-20)34-32(39)35-25(17-12-21-8-3-2-4-9-21)28(30(36)26-11-6-18-40-26)27(29(35)31(37)38)22-13-15-23(33)16-14-22/h2-19,25,27-29H,1H3,(H,34,39)(H,37,38). The van der Waals surface area contributed by atoms with Gasteiger partial charge in [-0.05, 0) is 59.3 Å². The van der Waals surface area contributed by atoms with Gasteiger partial charge in [-0.2, -0.15) is 0 Å². The predicted octanol–water partition coefficient (Wildman–Crippen LogP) is 7.38. The van der Waals surface area contributed by atoms with Crippen LogP contribution in [0.25, 0.3) is 6.08 Å². The summed E-state index contributed by atoms with van der Waals surface area (Å²) < 4.78 is 0. The molecule has 2 heterocycles. The van der Waals surface area contributed by atoms with E-state index < -0.39 is 35.9 Å². The monoisotopic (exact) mass is 570 g/mol. The number of aryl methyl sites for hydroxylation is 1. The fourth-order valence-corrected chi connectivity index (χ4v) is 6.19. The summed E-state index contributed by atoms with van der Waals surface area (Å²) in [7, 11) is 0. The van der Waals surface area contributed by atoms with Crippen LogP contribution in [-0.4, -0.2) is 39.9 Å². The maximum Gasteiger partial charge on any atom is 0.327 e. The third kappa shape index (κ3) is 5.71. The van der Waals surface area contributed by atoms with E-state index >= 15 is 0 Å². The number of halogens is 1. The van der Waals surface area contributed by atoms with Gasteiger partial charge in [0.15, 0.2) is 5.78 Å². The van der Waals surface area contributed by atoms with Gasteiger partial charge >= 0.3 is 12.0 Å². The van der Waals surface area contributed by atoms with Crippen LogP contribution in [0.15, 0.2) is 102 Å². The van der Waals surface area contributed by atoms with Crippen LogP contribution in [0.1, 0.15) is 32.3 Å². The Morgan fingerprint density at radius 2 is 1.70 bits per heavy atom. The van der Waals surface area contributed by atoms with Crippen LogP contribution in [0.2, 0.25) is 5.02 Å². The first-order chi connectivity index (χ1) is 19.3. The van der Waals surface area contributed by atoms with Crippen molar-refractivity contribution in [3.05, 3.63) is 129 Å². The smallest absolute Gasteiger partial charge is 0.327 e. The number of aliphatic carboxylic acids is 1. The second-order valence-corrected chi connectivity index (χ2v) is 11.1. The molecular weight excluding hydrogens is 544 g/mol. The highest BCUT2D eigenvalue weighted by atomic mass is 35.5. The molecule has 1 aliphatic rings. The van der Waals surface area contributed by atoms with Crippen molar-refractivity contribution in [2.24, 2.45) is 5.92 Å². The van der Waals surface area contributed by atoms with Gasteiger partial charge < -0.3 is 15.3 Å². The minimum absolute atomic E-state index is 0.213. The molecule has 2 amide bonds. The van der Waals surface area contributed by atoms with Gasteiger partial charge in [0.25, 0.3) is 0 Å². The maximum absolute atomic E-state index is 14.1. The zero-order chi connectivity index (χ0) is 28.2. The Morgan fingerprint density at radius 1 is 0.950 bits per heavy atom. The Labute approximate surface area is 241 Å². The lowest BCUT2D eigenvalue weighted by Crippen LogP contribution is -2.48. The van der Waals surface area contributed by atoms with Crippen LogP contribution in [0.5, 0.6) is 0 Å². The third-order valence-corrected chi connectivity index (χ3v) is 8.22. The summed E-state index contributed by atoms with van der Waals surface area (Å²) in [6.45, 7) is 1.91. The summed E-state index contributed by atoms with van der Waals surface area (Å²) in [6, 6.07) is 24.3. The molecule has 1 aliphatic heterocycles. The molecule has 6 nitrogen and oxygen atoms in total. The number of carbonyl (C=O) groups is 3. The van der Waals surface area contributed by atoms with Crippen LogP contribution in [0.4, 0.5) is 10.5 Å². The van der Waals surface area contributed by atoms with Crippen LogP contribution < -0.4 is 5.32 Å². The third-order valence-electron chi connectivity index (χ3n) is 7.08. The fourth-order valence-electron chi connectivity index (χ4n) is 5.35. The summed E-state index contributed by atoms with van der Waals surface area (Å²) >= 11 is 7.45. The molecule has 40 heavy (non-hydrogen) atoms. The number of carboxylic acids is 1. The Balaban J connectivity index is 1.67. The van der Waals surface area contributed by atoms with E-state index in [-0.39, 0.29) is 5.78 Å². The Morgan fingerprint density at radius 3 is 2.35 bits per heavy atom. The molecule has 1 saturated heterocycles. The van der Waals surface area contributed by atoms with E-state index in [1.54, 1.807) is 48.5 Å². The largest absolute Gasteiger partial charge is 0.480 e. The zero-order valence-electron chi connectivity index (χ0n) is 21.6. The number of benzene rings is 3. The number of carbonyl (C=O) groups excluding carboxylic acids is 2. The van der Waals surface area contributed by atoms with Gasteiger partial charge in [0.2, 0.25) is 0 Å². The average molecular weight is 571 g/mol.